The largest absolute Gasteiger partial charge is 0.365 e. The highest BCUT2D eigenvalue weighted by Gasteiger charge is 2.35. The molecule has 0 saturated carbocycles. The van der Waals surface area contributed by atoms with Gasteiger partial charge in [0.1, 0.15) is 0 Å². The van der Waals surface area contributed by atoms with Crippen molar-refractivity contribution < 1.29 is 9.59 Å². The van der Waals surface area contributed by atoms with Gasteiger partial charge >= 0.3 is 0 Å². The molecule has 1 fully saturated rings. The summed E-state index contributed by atoms with van der Waals surface area (Å²) in [5.41, 5.74) is 6.47. The monoisotopic (exact) mass is 496 g/mol. The molecule has 4 nitrogen and oxygen atoms in total. The molecule has 0 N–H and O–H groups in total. The normalized spacial score (nSPS) is 19.2. The minimum absolute atomic E-state index is 0.0548. The predicted molar refractivity (Wildman–Crippen MR) is 133 cm³/mol. The fourth-order valence-electron chi connectivity index (χ4n) is 4.02. The number of anilines is 1. The SMILES string of the molecule is CC1=CC(C)(C)N(C)c2cc(C)c(/C=C3\SC(=O)N(Cc4ccc(Br)cc4)C3=O)cc21. The van der Waals surface area contributed by atoms with Crippen LogP contribution in [-0.4, -0.2) is 28.6 Å². The third-order valence-corrected chi connectivity index (χ3v) is 7.45. The van der Waals surface area contributed by atoms with Crippen molar-refractivity contribution in [3.63, 3.8) is 0 Å². The number of thioether (sulfide) groups is 1. The van der Waals surface area contributed by atoms with Crippen molar-refractivity contribution in [2.75, 3.05) is 11.9 Å². The molecule has 0 spiro atoms. The number of halogens is 1. The lowest BCUT2D eigenvalue weighted by molar-refractivity contribution is -0.123. The Balaban J connectivity index is 1.65. The average Bonchev–Trinajstić information content (AvgIpc) is 2.96. The van der Waals surface area contributed by atoms with E-state index in [1.807, 2.05) is 37.3 Å². The number of nitrogens with zero attached hydrogens (tertiary/aromatic N) is 2. The second-order valence-electron chi connectivity index (χ2n) is 8.66. The summed E-state index contributed by atoms with van der Waals surface area (Å²) in [5, 5.41) is -0.229. The zero-order valence-electron chi connectivity index (χ0n) is 18.3. The lowest BCUT2D eigenvalue weighted by Crippen LogP contribution is -2.42. The van der Waals surface area contributed by atoms with Crippen LogP contribution in [0.25, 0.3) is 11.6 Å². The summed E-state index contributed by atoms with van der Waals surface area (Å²) in [6.07, 6.45) is 4.12. The summed E-state index contributed by atoms with van der Waals surface area (Å²) in [4.78, 5) is 29.6. The summed E-state index contributed by atoms with van der Waals surface area (Å²) in [6, 6.07) is 12.0. The van der Waals surface area contributed by atoms with Gasteiger partial charge in [-0.1, -0.05) is 34.1 Å². The Bertz CT molecular complexity index is 1150. The number of rotatable bonds is 3. The molecule has 0 bridgehead atoms. The summed E-state index contributed by atoms with van der Waals surface area (Å²) >= 11 is 4.42. The first kappa shape index (κ1) is 21.9. The third-order valence-electron chi connectivity index (χ3n) is 6.02. The highest BCUT2D eigenvalue weighted by atomic mass is 79.9. The molecule has 1 saturated heterocycles. The van der Waals surface area contributed by atoms with Crippen molar-refractivity contribution in [1.82, 2.24) is 4.90 Å². The van der Waals surface area contributed by atoms with Crippen LogP contribution in [0.5, 0.6) is 0 Å². The Hall–Kier alpha value is -2.31. The first-order valence-corrected chi connectivity index (χ1v) is 11.8. The molecule has 0 radical (unpaired) electrons. The molecule has 2 amide bonds. The molecule has 2 aromatic rings. The molecule has 160 valence electrons. The van der Waals surface area contributed by atoms with Crippen LogP contribution in [0, 0.1) is 6.92 Å². The van der Waals surface area contributed by atoms with Crippen LogP contribution in [0.15, 0.2) is 51.9 Å². The number of imide groups is 1. The number of carbonyl (C=O) groups is 2. The van der Waals surface area contributed by atoms with Crippen LogP contribution < -0.4 is 4.90 Å². The van der Waals surface area contributed by atoms with Gasteiger partial charge in [0, 0.05) is 22.8 Å². The van der Waals surface area contributed by atoms with E-state index in [4.69, 9.17) is 0 Å². The maximum Gasteiger partial charge on any atom is 0.293 e. The van der Waals surface area contributed by atoms with E-state index in [0.29, 0.717) is 4.91 Å². The second kappa shape index (κ2) is 7.99. The molecule has 2 aliphatic rings. The highest BCUT2D eigenvalue weighted by Crippen LogP contribution is 2.40. The maximum absolute atomic E-state index is 13.0. The average molecular weight is 497 g/mol. The number of hydrogen-bond acceptors (Lipinski definition) is 4. The first-order chi connectivity index (χ1) is 14.6. The lowest BCUT2D eigenvalue weighted by Gasteiger charge is -2.41. The minimum atomic E-state index is -0.236. The zero-order chi connectivity index (χ0) is 22.5. The molecule has 2 aromatic carbocycles. The standard InChI is InChI=1S/C25H25BrN2O2S/c1-15-10-21-20(16(2)13-25(3,4)27(21)5)11-18(15)12-22-23(29)28(24(30)31-22)14-17-6-8-19(26)9-7-17/h6-13H,14H2,1-5H3/b22-12-. The van der Waals surface area contributed by atoms with E-state index >= 15 is 0 Å². The number of fused-ring (bicyclic) bond motifs is 1. The number of hydrogen-bond donors (Lipinski definition) is 0. The molecule has 0 unspecified atom stereocenters. The molecule has 0 atom stereocenters. The molecular formula is C25H25BrN2O2S. The second-order valence-corrected chi connectivity index (χ2v) is 10.6. The van der Waals surface area contributed by atoms with Gasteiger partial charge in [0.15, 0.2) is 0 Å². The number of aryl methyl sites for hydroxylation is 1. The minimum Gasteiger partial charge on any atom is -0.365 e. The van der Waals surface area contributed by atoms with Gasteiger partial charge in [-0.05, 0) is 92.1 Å². The van der Waals surface area contributed by atoms with E-state index in [9.17, 15) is 9.59 Å². The van der Waals surface area contributed by atoms with Crippen molar-refractivity contribution in [2.45, 2.75) is 39.8 Å². The van der Waals surface area contributed by atoms with Gasteiger partial charge < -0.3 is 4.90 Å². The van der Waals surface area contributed by atoms with Gasteiger partial charge in [0.2, 0.25) is 0 Å². The molecule has 2 aliphatic heterocycles. The van der Waals surface area contributed by atoms with Crippen molar-refractivity contribution in [3.05, 3.63) is 74.1 Å². The van der Waals surface area contributed by atoms with Gasteiger partial charge in [-0.25, -0.2) is 0 Å². The summed E-state index contributed by atoms with van der Waals surface area (Å²) in [6.45, 7) is 8.85. The molecule has 2 heterocycles. The summed E-state index contributed by atoms with van der Waals surface area (Å²) in [7, 11) is 2.11. The molecule has 0 aliphatic carbocycles. The number of allylic oxidation sites excluding steroid dienone is 1. The molecule has 31 heavy (non-hydrogen) atoms. The van der Waals surface area contributed by atoms with Crippen molar-refractivity contribution in [3.8, 4) is 0 Å². The van der Waals surface area contributed by atoms with Gasteiger partial charge in [-0.15, -0.1) is 0 Å². The summed E-state index contributed by atoms with van der Waals surface area (Å²) < 4.78 is 0.964. The van der Waals surface area contributed by atoms with E-state index in [-0.39, 0.29) is 23.2 Å². The van der Waals surface area contributed by atoms with Crippen LogP contribution in [0.1, 0.15) is 43.0 Å². The fourth-order valence-corrected chi connectivity index (χ4v) is 5.12. The van der Waals surface area contributed by atoms with Crippen LogP contribution in [0.2, 0.25) is 0 Å². The Morgan fingerprint density at radius 2 is 1.77 bits per heavy atom. The fraction of sp³-hybridized carbons (Fsp3) is 0.280. The lowest BCUT2D eigenvalue weighted by atomic mass is 9.87. The van der Waals surface area contributed by atoms with E-state index < -0.39 is 0 Å². The maximum atomic E-state index is 13.0. The van der Waals surface area contributed by atoms with Gasteiger partial charge in [-0.2, -0.15) is 0 Å². The van der Waals surface area contributed by atoms with E-state index in [0.717, 1.165) is 38.5 Å². The number of benzene rings is 2. The topological polar surface area (TPSA) is 40.6 Å². The van der Waals surface area contributed by atoms with Crippen LogP contribution >= 0.6 is 27.7 Å². The third kappa shape index (κ3) is 4.11. The van der Waals surface area contributed by atoms with Crippen LogP contribution in [-0.2, 0) is 11.3 Å². The van der Waals surface area contributed by atoms with E-state index in [1.54, 1.807) is 0 Å². The Morgan fingerprint density at radius 3 is 2.45 bits per heavy atom. The Labute approximate surface area is 196 Å². The van der Waals surface area contributed by atoms with Crippen LogP contribution in [0.3, 0.4) is 0 Å². The Morgan fingerprint density at radius 1 is 1.10 bits per heavy atom. The number of likely N-dealkylation sites (N-methyl/N-ethyl adjacent to an activating group) is 1. The number of carbonyl (C=O) groups excluding carboxylic acids is 2. The highest BCUT2D eigenvalue weighted by molar-refractivity contribution is 9.10. The van der Waals surface area contributed by atoms with E-state index in [2.05, 4.69) is 66.9 Å². The molecule has 6 heteroatoms. The van der Waals surface area contributed by atoms with Gasteiger partial charge in [0.05, 0.1) is 17.0 Å². The molecule has 4 rings (SSSR count). The van der Waals surface area contributed by atoms with Crippen LogP contribution in [0.4, 0.5) is 10.5 Å². The van der Waals surface area contributed by atoms with Crippen molar-refractivity contribution in [1.29, 1.82) is 0 Å². The molecular weight excluding hydrogens is 472 g/mol. The van der Waals surface area contributed by atoms with E-state index in [1.165, 1.54) is 16.2 Å². The Kier molecular flexibility index (Phi) is 5.64. The van der Waals surface area contributed by atoms with Gasteiger partial charge in [0.25, 0.3) is 11.1 Å². The zero-order valence-corrected chi connectivity index (χ0v) is 20.7. The number of amides is 2. The smallest absolute Gasteiger partial charge is 0.293 e. The van der Waals surface area contributed by atoms with Crippen molar-refractivity contribution >= 4 is 56.2 Å². The predicted octanol–water partition coefficient (Wildman–Crippen LogP) is 6.63. The van der Waals surface area contributed by atoms with Gasteiger partial charge in [-0.3, -0.25) is 14.5 Å². The first-order valence-electron chi connectivity index (χ1n) is 10.1. The van der Waals surface area contributed by atoms with Crippen molar-refractivity contribution in [2.24, 2.45) is 0 Å². The summed E-state index contributed by atoms with van der Waals surface area (Å²) in [5.74, 6) is -0.236. The molecule has 0 aromatic heterocycles. The quantitative estimate of drug-likeness (QED) is 0.447.